The number of nitrogens with one attached hydrogen (secondary N) is 1. The second kappa shape index (κ2) is 20.9. The van der Waals surface area contributed by atoms with E-state index in [1.54, 1.807) is 28.5 Å². The molecule has 0 aromatic heterocycles. The van der Waals surface area contributed by atoms with Crippen LogP contribution < -0.4 is 0 Å². The first-order chi connectivity index (χ1) is 6.77. The quantitative estimate of drug-likeness (QED) is 0.287. The molecule has 89 valence electrons. The van der Waals surface area contributed by atoms with Gasteiger partial charge in [0.25, 0.3) is 0 Å². The van der Waals surface area contributed by atoms with E-state index in [2.05, 4.69) is 6.92 Å². The number of carbonyl (C=O) groups excluding carboxylic acids is 1. The van der Waals surface area contributed by atoms with E-state index in [9.17, 15) is 4.79 Å². The number of amides is 1. The molecule has 0 aliphatic carbocycles. The third-order valence-electron chi connectivity index (χ3n) is 1.13. The molecule has 6 heteroatoms. The standard InChI is InChI=1S/C7H14ClNOS2.C2H5.Y/c8-4-6-12-11-5-2-1-3-7(9)10;1-2;/h1-6H2,(H2,9,10);1H2,2H3;/q;-1;/p-1. The van der Waals surface area contributed by atoms with Crippen molar-refractivity contribution < 1.29 is 37.5 Å². The van der Waals surface area contributed by atoms with Crippen LogP contribution in [0.5, 0.6) is 0 Å². The van der Waals surface area contributed by atoms with Gasteiger partial charge < -0.3 is 17.5 Å². The largest absolute Gasteiger partial charge is 0.668 e. The predicted molar refractivity (Wildman–Crippen MR) is 69.8 cm³/mol. The number of hydrogen-bond acceptors (Lipinski definition) is 3. The number of hydrogen-bond donors (Lipinski definition) is 0. The monoisotopic (exact) mass is 344 g/mol. The summed E-state index contributed by atoms with van der Waals surface area (Å²) in [5, 5.41) is 0. The number of carbonyl (C=O) groups is 1. The van der Waals surface area contributed by atoms with Gasteiger partial charge in [0.1, 0.15) is 0 Å². The Hall–Kier alpha value is 1.56. The Labute approximate surface area is 131 Å². The van der Waals surface area contributed by atoms with E-state index < -0.39 is 5.91 Å². The molecule has 15 heavy (non-hydrogen) atoms. The maximum absolute atomic E-state index is 10.2. The summed E-state index contributed by atoms with van der Waals surface area (Å²) in [5.74, 6) is 2.27. The molecule has 0 unspecified atom stereocenters. The van der Waals surface area contributed by atoms with Crippen molar-refractivity contribution in [2.24, 2.45) is 0 Å². The van der Waals surface area contributed by atoms with E-state index in [0.29, 0.717) is 12.3 Å². The van der Waals surface area contributed by atoms with Crippen LogP contribution in [0.2, 0.25) is 0 Å². The Morgan fingerprint density at radius 1 is 1.27 bits per heavy atom. The molecule has 0 aromatic rings. The minimum atomic E-state index is -0.451. The van der Waals surface area contributed by atoms with Crippen LogP contribution in [0.25, 0.3) is 5.73 Å². The van der Waals surface area contributed by atoms with Crippen molar-refractivity contribution in [2.45, 2.75) is 26.2 Å². The van der Waals surface area contributed by atoms with Crippen LogP contribution >= 0.6 is 33.2 Å². The van der Waals surface area contributed by atoms with Crippen LogP contribution in [0.4, 0.5) is 0 Å². The molecule has 1 radical (unpaired) electrons. The topological polar surface area (TPSA) is 40.9 Å². The summed E-state index contributed by atoms with van der Waals surface area (Å²) < 4.78 is 0. The van der Waals surface area contributed by atoms with Crippen molar-refractivity contribution in [3.63, 3.8) is 0 Å². The average Bonchev–Trinajstić information content (AvgIpc) is 2.19. The van der Waals surface area contributed by atoms with E-state index in [4.69, 9.17) is 17.3 Å². The molecule has 2 nitrogen and oxygen atoms in total. The van der Waals surface area contributed by atoms with Crippen LogP contribution in [0.1, 0.15) is 26.2 Å². The van der Waals surface area contributed by atoms with E-state index in [0.717, 1.165) is 24.3 Å². The summed E-state index contributed by atoms with van der Waals surface area (Å²) >= 11 is 5.48. The van der Waals surface area contributed by atoms with Gasteiger partial charge in [-0.3, -0.25) is 0 Å². The first kappa shape index (κ1) is 21.8. The van der Waals surface area contributed by atoms with Gasteiger partial charge in [0.15, 0.2) is 0 Å². The van der Waals surface area contributed by atoms with Gasteiger partial charge in [-0.1, -0.05) is 21.6 Å². The van der Waals surface area contributed by atoms with Crippen LogP contribution in [0.3, 0.4) is 0 Å². The predicted octanol–water partition coefficient (Wildman–Crippen LogP) is 4.19. The molecule has 0 saturated carbocycles. The first-order valence-corrected chi connectivity index (χ1v) is 7.55. The average molecular weight is 345 g/mol. The molecular weight excluding hydrogens is 327 g/mol. The molecule has 0 spiro atoms. The third-order valence-corrected chi connectivity index (χ3v) is 4.03. The summed E-state index contributed by atoms with van der Waals surface area (Å²) in [4.78, 5) is 10.2. The van der Waals surface area contributed by atoms with Gasteiger partial charge in [-0.25, -0.2) is 0 Å². The Morgan fingerprint density at radius 2 is 1.80 bits per heavy atom. The molecule has 1 amide bonds. The van der Waals surface area contributed by atoms with E-state index in [1.807, 2.05) is 0 Å². The molecule has 0 bridgehead atoms. The van der Waals surface area contributed by atoms with Crippen molar-refractivity contribution in [1.82, 2.24) is 0 Å². The zero-order valence-corrected chi connectivity index (χ0v) is 14.4. The van der Waals surface area contributed by atoms with Gasteiger partial charge in [-0.05, 0) is 19.3 Å². The summed E-state index contributed by atoms with van der Waals surface area (Å²) in [6.45, 7) is 5.00. The van der Waals surface area contributed by atoms with Crippen LogP contribution in [0.15, 0.2) is 0 Å². The normalized spacial score (nSPS) is 8.47. The van der Waals surface area contributed by atoms with E-state index in [-0.39, 0.29) is 32.7 Å². The number of halogens is 1. The maximum Gasteiger partial charge on any atom is 0.0487 e. The molecular formula is C9H18ClNOS2Y-2. The summed E-state index contributed by atoms with van der Waals surface area (Å²) in [5.41, 5.74) is 6.66. The molecule has 0 fully saturated rings. The molecule has 1 N–H and O–H groups in total. The molecule has 0 aromatic carbocycles. The SMILES string of the molecule is [CH2-]C.[NH-]C(=O)CCCCSSCCCl.[Y]. The van der Waals surface area contributed by atoms with Gasteiger partial charge >= 0.3 is 0 Å². The van der Waals surface area contributed by atoms with Crippen LogP contribution in [-0.4, -0.2) is 23.3 Å². The van der Waals surface area contributed by atoms with Gasteiger partial charge in [0, 0.05) is 56.0 Å². The summed E-state index contributed by atoms with van der Waals surface area (Å²) in [6, 6.07) is 0. The molecule has 0 rings (SSSR count). The fourth-order valence-electron chi connectivity index (χ4n) is 0.596. The second-order valence-corrected chi connectivity index (χ2v) is 5.29. The smallest absolute Gasteiger partial charge is 0.0487 e. The van der Waals surface area contributed by atoms with Gasteiger partial charge in [0.05, 0.1) is 0 Å². The van der Waals surface area contributed by atoms with E-state index in [1.165, 1.54) is 0 Å². The van der Waals surface area contributed by atoms with E-state index >= 15 is 0 Å². The molecule has 0 atom stereocenters. The number of unbranched alkanes of at least 4 members (excludes halogenated alkanes) is 1. The van der Waals surface area contributed by atoms with Crippen molar-refractivity contribution in [3.8, 4) is 0 Å². The molecule has 0 heterocycles. The Morgan fingerprint density at radius 3 is 2.27 bits per heavy atom. The van der Waals surface area contributed by atoms with Gasteiger partial charge in [-0.15, -0.1) is 11.6 Å². The molecule has 0 aliphatic heterocycles. The Bertz CT molecular complexity index is 131. The molecule has 0 saturated heterocycles. The number of alkyl halides is 1. The van der Waals surface area contributed by atoms with Crippen molar-refractivity contribution in [1.29, 1.82) is 0 Å². The van der Waals surface area contributed by atoms with Crippen molar-refractivity contribution in [2.75, 3.05) is 17.4 Å². The van der Waals surface area contributed by atoms with Gasteiger partial charge in [0.2, 0.25) is 0 Å². The zero-order valence-electron chi connectivity index (χ0n) is 9.13. The second-order valence-electron chi connectivity index (χ2n) is 2.21. The Balaban J connectivity index is -0.000000449. The summed E-state index contributed by atoms with van der Waals surface area (Å²) in [7, 11) is 3.55. The molecule has 0 aliphatic rings. The minimum absolute atomic E-state index is 0. The van der Waals surface area contributed by atoms with Crippen molar-refractivity contribution >= 4 is 39.1 Å². The fourth-order valence-corrected chi connectivity index (χ4v) is 3.03. The fraction of sp³-hybridized carbons (Fsp3) is 0.778. The van der Waals surface area contributed by atoms with Gasteiger partial charge in [-0.2, -0.15) is 6.92 Å². The zero-order chi connectivity index (χ0) is 11.2. The third kappa shape index (κ3) is 25.7. The summed E-state index contributed by atoms with van der Waals surface area (Å²) in [6.07, 6.45) is 2.27. The van der Waals surface area contributed by atoms with Crippen molar-refractivity contribution in [3.05, 3.63) is 12.7 Å². The van der Waals surface area contributed by atoms with Crippen LogP contribution in [0, 0.1) is 6.92 Å². The first-order valence-electron chi connectivity index (χ1n) is 4.53. The number of rotatable bonds is 8. The van der Waals surface area contributed by atoms with Crippen LogP contribution in [-0.2, 0) is 37.5 Å². The minimum Gasteiger partial charge on any atom is -0.668 e. The maximum atomic E-state index is 10.2. The Kier molecular flexibility index (Phi) is 30.4.